The van der Waals surface area contributed by atoms with Crippen molar-refractivity contribution in [1.29, 1.82) is 0 Å². The van der Waals surface area contributed by atoms with Crippen molar-refractivity contribution >= 4 is 18.0 Å². The van der Waals surface area contributed by atoms with Gasteiger partial charge in [-0.25, -0.2) is 4.79 Å². The summed E-state index contributed by atoms with van der Waals surface area (Å²) in [5.74, 6) is 0.0556. The maximum Gasteiger partial charge on any atom is 0.331 e. The Labute approximate surface area is 190 Å². The second kappa shape index (κ2) is 8.64. The summed E-state index contributed by atoms with van der Waals surface area (Å²) in [5, 5.41) is 12.3. The van der Waals surface area contributed by atoms with Crippen molar-refractivity contribution in [1.82, 2.24) is 5.32 Å². The lowest BCUT2D eigenvalue weighted by molar-refractivity contribution is -0.259. The van der Waals surface area contributed by atoms with E-state index in [1.807, 2.05) is 30.3 Å². The highest BCUT2D eigenvalue weighted by Gasteiger charge is 2.71. The highest BCUT2D eigenvalue weighted by atomic mass is 16.6. The van der Waals surface area contributed by atoms with Crippen LogP contribution in [0.5, 0.6) is 0 Å². The second-order valence-electron chi connectivity index (χ2n) is 10.2. The maximum atomic E-state index is 12.9. The molecule has 7 atom stereocenters. The summed E-state index contributed by atoms with van der Waals surface area (Å²) in [6.07, 6.45) is 5.44. The molecule has 3 aliphatic rings. The number of carbonyl (C=O) groups excluding carboxylic acids is 2. The van der Waals surface area contributed by atoms with E-state index in [9.17, 15) is 14.7 Å². The Bertz CT molecular complexity index is 883. The molecule has 6 nitrogen and oxygen atoms in total. The quantitative estimate of drug-likeness (QED) is 0.523. The van der Waals surface area contributed by atoms with Crippen molar-refractivity contribution in [3.8, 4) is 0 Å². The van der Waals surface area contributed by atoms with Crippen LogP contribution in [-0.2, 0) is 19.1 Å². The molecular formula is C26H35NO5. The lowest BCUT2D eigenvalue weighted by Gasteiger charge is -2.53. The molecule has 7 unspecified atom stereocenters. The molecule has 0 aromatic heterocycles. The molecule has 2 heterocycles. The fourth-order valence-electron chi connectivity index (χ4n) is 6.47. The van der Waals surface area contributed by atoms with Crippen molar-refractivity contribution in [2.24, 2.45) is 23.7 Å². The van der Waals surface area contributed by atoms with Gasteiger partial charge >= 0.3 is 5.97 Å². The number of esters is 1. The number of ether oxygens (including phenoxy) is 2. The van der Waals surface area contributed by atoms with Crippen molar-refractivity contribution in [2.75, 3.05) is 6.61 Å². The molecule has 6 heteroatoms. The molecule has 32 heavy (non-hydrogen) atoms. The van der Waals surface area contributed by atoms with E-state index in [-0.39, 0.29) is 35.9 Å². The minimum Gasteiger partial charge on any atom is -0.456 e. The van der Waals surface area contributed by atoms with Gasteiger partial charge < -0.3 is 19.9 Å². The fraction of sp³-hybridized carbons (Fsp3) is 0.615. The van der Waals surface area contributed by atoms with Crippen LogP contribution in [0.4, 0.5) is 0 Å². The maximum absolute atomic E-state index is 12.9. The molecule has 2 bridgehead atoms. The van der Waals surface area contributed by atoms with Gasteiger partial charge in [0.15, 0.2) is 0 Å². The van der Waals surface area contributed by atoms with Gasteiger partial charge in [-0.15, -0.1) is 0 Å². The Hall–Kier alpha value is -2.18. The highest BCUT2D eigenvalue weighted by Crippen LogP contribution is 2.62. The smallest absolute Gasteiger partial charge is 0.331 e. The average Bonchev–Trinajstić information content (AvgIpc) is 3.28. The summed E-state index contributed by atoms with van der Waals surface area (Å²) in [6.45, 7) is 7.96. The Morgan fingerprint density at radius 3 is 2.66 bits per heavy atom. The van der Waals surface area contributed by atoms with Crippen molar-refractivity contribution < 1.29 is 24.2 Å². The van der Waals surface area contributed by atoms with E-state index in [0.717, 1.165) is 18.4 Å². The highest BCUT2D eigenvalue weighted by molar-refractivity contribution is 5.87. The summed E-state index contributed by atoms with van der Waals surface area (Å²) in [6, 6.07) is 9.44. The van der Waals surface area contributed by atoms with Gasteiger partial charge in [-0.2, -0.15) is 0 Å². The molecule has 1 aliphatic carbocycles. The van der Waals surface area contributed by atoms with Gasteiger partial charge in [0.25, 0.3) is 0 Å². The number of amides is 1. The molecular weight excluding hydrogens is 406 g/mol. The van der Waals surface area contributed by atoms with Crippen molar-refractivity contribution in [3.05, 3.63) is 42.0 Å². The van der Waals surface area contributed by atoms with Gasteiger partial charge in [-0.05, 0) is 49.2 Å². The van der Waals surface area contributed by atoms with Crippen LogP contribution in [0.1, 0.15) is 52.5 Å². The number of hydrogen-bond donors (Lipinski definition) is 2. The van der Waals surface area contributed by atoms with Crippen LogP contribution in [0.2, 0.25) is 0 Å². The molecule has 1 amide bonds. The van der Waals surface area contributed by atoms with E-state index < -0.39 is 23.7 Å². The molecule has 3 fully saturated rings. The topological polar surface area (TPSA) is 84.9 Å². The van der Waals surface area contributed by atoms with Crippen LogP contribution in [0.15, 0.2) is 36.4 Å². The molecule has 1 aromatic rings. The van der Waals surface area contributed by atoms with Gasteiger partial charge in [0.05, 0.1) is 11.6 Å². The average molecular weight is 442 g/mol. The second-order valence-corrected chi connectivity index (χ2v) is 10.2. The van der Waals surface area contributed by atoms with Crippen molar-refractivity contribution in [2.45, 2.75) is 70.3 Å². The zero-order valence-electron chi connectivity index (χ0n) is 19.4. The zero-order valence-corrected chi connectivity index (χ0v) is 19.4. The predicted octanol–water partition coefficient (Wildman–Crippen LogP) is 3.34. The van der Waals surface area contributed by atoms with Gasteiger partial charge in [-0.1, -0.05) is 51.1 Å². The number of nitrogens with one attached hydrogen (secondary N) is 1. The first-order chi connectivity index (χ1) is 15.2. The first kappa shape index (κ1) is 23.0. The molecule has 0 radical (unpaired) electrons. The molecule has 1 aromatic carbocycles. The van der Waals surface area contributed by atoms with E-state index in [2.05, 4.69) is 33.0 Å². The van der Waals surface area contributed by atoms with Crippen LogP contribution >= 0.6 is 0 Å². The first-order valence-corrected chi connectivity index (χ1v) is 11.8. The minimum atomic E-state index is -0.682. The molecule has 0 spiro atoms. The van der Waals surface area contributed by atoms with E-state index in [1.54, 1.807) is 6.08 Å². The standard InChI is InChI=1S/C26H35NO5/c1-16(2)26-14-20(27-21(29)15-28)25(4,32-26)19-12-10-17(3)23(19)24(26)31-22(30)13-11-18-8-6-5-7-9-18/h5-9,11,13,16-17,19-20,23-24,28H,10,12,14-15H2,1-4H3,(H,27,29). The molecule has 4 rings (SSSR count). The van der Waals surface area contributed by atoms with E-state index in [1.165, 1.54) is 6.08 Å². The van der Waals surface area contributed by atoms with Crippen LogP contribution in [0.25, 0.3) is 6.08 Å². The number of aliphatic hydroxyl groups excluding tert-OH is 1. The first-order valence-electron chi connectivity index (χ1n) is 11.8. The minimum absolute atomic E-state index is 0.0857. The molecule has 2 aliphatic heterocycles. The number of fused-ring (bicyclic) bond motifs is 4. The molecule has 174 valence electrons. The number of rotatable bonds is 6. The van der Waals surface area contributed by atoms with Crippen molar-refractivity contribution in [3.63, 3.8) is 0 Å². The Balaban J connectivity index is 1.65. The Morgan fingerprint density at radius 2 is 2.00 bits per heavy atom. The molecule has 1 saturated carbocycles. The Morgan fingerprint density at radius 1 is 1.28 bits per heavy atom. The van der Waals surface area contributed by atoms with E-state index in [4.69, 9.17) is 9.47 Å². The summed E-state index contributed by atoms with van der Waals surface area (Å²) in [4.78, 5) is 25.0. The SMILES string of the molecule is CC1CCC2C1C(OC(=O)C=Cc1ccccc1)C1(C(C)C)CC(NC(=O)CO)C2(C)O1. The number of hydrogen-bond acceptors (Lipinski definition) is 5. The van der Waals surface area contributed by atoms with Crippen LogP contribution in [0, 0.1) is 23.7 Å². The summed E-state index contributed by atoms with van der Waals surface area (Å²) in [5.41, 5.74) is -0.291. The Kier molecular flexibility index (Phi) is 6.21. The van der Waals surface area contributed by atoms with Crippen LogP contribution in [0.3, 0.4) is 0 Å². The van der Waals surface area contributed by atoms with Crippen LogP contribution < -0.4 is 5.32 Å². The largest absolute Gasteiger partial charge is 0.456 e. The molecule has 2 N–H and O–H groups in total. The van der Waals surface area contributed by atoms with Gasteiger partial charge in [-0.3, -0.25) is 4.79 Å². The third kappa shape index (κ3) is 3.77. The predicted molar refractivity (Wildman–Crippen MR) is 121 cm³/mol. The third-order valence-corrected chi connectivity index (χ3v) is 8.16. The normalized spacial score (nSPS) is 38.1. The number of aliphatic hydroxyl groups is 1. The monoisotopic (exact) mass is 441 g/mol. The summed E-state index contributed by atoms with van der Waals surface area (Å²) < 4.78 is 13.0. The lowest BCUT2D eigenvalue weighted by atomic mass is 9.69. The molecule has 2 saturated heterocycles. The number of carbonyl (C=O) groups is 2. The third-order valence-electron chi connectivity index (χ3n) is 8.16. The lowest BCUT2D eigenvalue weighted by Crippen LogP contribution is -2.63. The van der Waals surface area contributed by atoms with E-state index in [0.29, 0.717) is 12.3 Å². The van der Waals surface area contributed by atoms with Gasteiger partial charge in [0, 0.05) is 18.4 Å². The van der Waals surface area contributed by atoms with Crippen LogP contribution in [-0.4, -0.2) is 46.9 Å². The van der Waals surface area contributed by atoms with Gasteiger partial charge in [0.1, 0.15) is 18.3 Å². The van der Waals surface area contributed by atoms with Gasteiger partial charge in [0.2, 0.25) is 5.91 Å². The fourth-order valence-corrected chi connectivity index (χ4v) is 6.47. The summed E-state index contributed by atoms with van der Waals surface area (Å²) >= 11 is 0. The summed E-state index contributed by atoms with van der Waals surface area (Å²) in [7, 11) is 0. The number of benzene rings is 1. The van der Waals surface area contributed by atoms with E-state index >= 15 is 0 Å². The zero-order chi connectivity index (χ0) is 23.1.